The van der Waals surface area contributed by atoms with Gasteiger partial charge in [0.2, 0.25) is 0 Å². The van der Waals surface area contributed by atoms with Gasteiger partial charge in [-0.05, 0) is 26.0 Å². The first-order valence-electron chi connectivity index (χ1n) is 8.18. The van der Waals surface area contributed by atoms with E-state index in [0.717, 1.165) is 5.52 Å². The average Bonchev–Trinajstić information content (AvgIpc) is 2.60. The van der Waals surface area contributed by atoms with Crippen LogP contribution in [0.25, 0.3) is 11.0 Å². The summed E-state index contributed by atoms with van der Waals surface area (Å²) in [4.78, 5) is 23.4. The average molecular weight is 340 g/mol. The molecule has 1 saturated heterocycles. The van der Waals surface area contributed by atoms with E-state index in [2.05, 4.69) is 4.98 Å². The molecule has 0 saturated carbocycles. The van der Waals surface area contributed by atoms with Gasteiger partial charge < -0.3 is 14.4 Å². The number of hydrogen-bond acceptors (Lipinski definition) is 7. The van der Waals surface area contributed by atoms with Crippen molar-refractivity contribution in [1.29, 1.82) is 5.26 Å². The van der Waals surface area contributed by atoms with Gasteiger partial charge >= 0.3 is 5.97 Å². The van der Waals surface area contributed by atoms with Crippen molar-refractivity contribution in [2.45, 2.75) is 32.0 Å². The zero-order valence-electron chi connectivity index (χ0n) is 14.5. The number of fused-ring (bicyclic) bond motifs is 1. The molecule has 2 heterocycles. The number of esters is 1. The molecule has 0 aliphatic carbocycles. The highest BCUT2D eigenvalue weighted by Crippen LogP contribution is 2.29. The minimum absolute atomic E-state index is 0.0172. The van der Waals surface area contributed by atoms with Gasteiger partial charge in [-0.3, -0.25) is 4.79 Å². The summed E-state index contributed by atoms with van der Waals surface area (Å²) in [7, 11) is 1.26. The van der Waals surface area contributed by atoms with Crippen molar-refractivity contribution >= 4 is 22.8 Å². The third-order valence-electron chi connectivity index (χ3n) is 4.14. The number of aromatic nitrogens is 2. The Morgan fingerprint density at radius 1 is 1.28 bits per heavy atom. The lowest BCUT2D eigenvalue weighted by molar-refractivity contribution is -0.141. The molecule has 0 amide bonds. The van der Waals surface area contributed by atoms with Gasteiger partial charge in [0, 0.05) is 13.1 Å². The molecule has 0 bridgehead atoms. The summed E-state index contributed by atoms with van der Waals surface area (Å²) in [5.41, 5.74) is 1.68. The van der Waals surface area contributed by atoms with Crippen LogP contribution in [-0.2, 0) is 14.3 Å². The van der Waals surface area contributed by atoms with Gasteiger partial charge in [0.15, 0.2) is 11.7 Å². The van der Waals surface area contributed by atoms with Crippen molar-refractivity contribution in [3.63, 3.8) is 0 Å². The highest BCUT2D eigenvalue weighted by Gasteiger charge is 2.32. The number of methoxy groups -OCH3 is 1. The van der Waals surface area contributed by atoms with Crippen LogP contribution in [0.4, 0.5) is 5.82 Å². The molecule has 1 aliphatic heterocycles. The fourth-order valence-corrected chi connectivity index (χ4v) is 3.12. The lowest BCUT2D eigenvalue weighted by Gasteiger charge is -2.37. The van der Waals surface area contributed by atoms with Gasteiger partial charge in [0.05, 0.1) is 36.4 Å². The Labute approximate surface area is 146 Å². The van der Waals surface area contributed by atoms with Gasteiger partial charge in [-0.1, -0.05) is 12.1 Å². The highest BCUT2D eigenvalue weighted by molar-refractivity contribution is 5.85. The van der Waals surface area contributed by atoms with Crippen LogP contribution in [0.3, 0.4) is 0 Å². The number of carbonyl (C=O) groups excluding carboxylic acids is 1. The Balaban J connectivity index is 2.15. The SMILES string of the molecule is COC(=O)[C@@H](C#N)c1nc2ccccc2nc1N1C[C@@H](C)O[C@@H](C)C1. The lowest BCUT2D eigenvalue weighted by Crippen LogP contribution is -2.46. The number of benzene rings is 1. The third kappa shape index (κ3) is 3.39. The Hall–Kier alpha value is -2.72. The predicted molar refractivity (Wildman–Crippen MR) is 92.1 cm³/mol. The third-order valence-corrected chi connectivity index (χ3v) is 4.14. The van der Waals surface area contributed by atoms with Crippen molar-refractivity contribution in [2.75, 3.05) is 25.1 Å². The topological polar surface area (TPSA) is 88.3 Å². The van der Waals surface area contributed by atoms with Crippen LogP contribution in [-0.4, -0.2) is 48.3 Å². The first kappa shape index (κ1) is 17.1. The maximum atomic E-state index is 12.1. The van der Waals surface area contributed by atoms with E-state index in [1.54, 1.807) is 0 Å². The minimum Gasteiger partial charge on any atom is -0.468 e. The molecule has 2 aromatic rings. The van der Waals surface area contributed by atoms with Crippen molar-refractivity contribution in [3.05, 3.63) is 30.0 Å². The Morgan fingerprint density at radius 3 is 2.44 bits per heavy atom. The van der Waals surface area contributed by atoms with E-state index in [-0.39, 0.29) is 12.2 Å². The van der Waals surface area contributed by atoms with E-state index in [1.165, 1.54) is 7.11 Å². The van der Waals surface area contributed by atoms with Crippen LogP contribution in [0.1, 0.15) is 25.5 Å². The van der Waals surface area contributed by atoms with Crippen molar-refractivity contribution < 1.29 is 14.3 Å². The van der Waals surface area contributed by atoms with E-state index in [1.807, 2.05) is 49.1 Å². The maximum Gasteiger partial charge on any atom is 0.329 e. The summed E-state index contributed by atoms with van der Waals surface area (Å²) < 4.78 is 10.6. The van der Waals surface area contributed by atoms with Crippen LogP contribution in [0.15, 0.2) is 24.3 Å². The summed E-state index contributed by atoms with van der Waals surface area (Å²) in [5, 5.41) is 9.52. The Bertz CT molecular complexity index is 823. The molecule has 0 unspecified atom stereocenters. The quantitative estimate of drug-likeness (QED) is 0.790. The molecule has 3 rings (SSSR count). The molecule has 1 aromatic carbocycles. The number of anilines is 1. The van der Waals surface area contributed by atoms with Gasteiger partial charge in [-0.2, -0.15) is 5.26 Å². The van der Waals surface area contributed by atoms with E-state index in [4.69, 9.17) is 14.5 Å². The zero-order chi connectivity index (χ0) is 18.0. The number of para-hydroxylation sites is 2. The normalized spacial score (nSPS) is 21.6. The number of morpholine rings is 1. The summed E-state index contributed by atoms with van der Waals surface area (Å²) in [6, 6.07) is 9.40. The largest absolute Gasteiger partial charge is 0.468 e. The van der Waals surface area contributed by atoms with Crippen LogP contribution in [0.5, 0.6) is 0 Å². The fourth-order valence-electron chi connectivity index (χ4n) is 3.12. The molecule has 1 fully saturated rings. The second-order valence-electron chi connectivity index (χ2n) is 6.17. The van der Waals surface area contributed by atoms with Crippen LogP contribution >= 0.6 is 0 Å². The van der Waals surface area contributed by atoms with Crippen molar-refractivity contribution in [3.8, 4) is 6.07 Å². The number of nitriles is 1. The second-order valence-corrected chi connectivity index (χ2v) is 6.17. The number of rotatable bonds is 3. The van der Waals surface area contributed by atoms with Crippen LogP contribution in [0, 0.1) is 11.3 Å². The highest BCUT2D eigenvalue weighted by atomic mass is 16.5. The van der Waals surface area contributed by atoms with Gasteiger partial charge in [0.1, 0.15) is 5.69 Å². The number of nitrogens with zero attached hydrogens (tertiary/aromatic N) is 4. The lowest BCUT2D eigenvalue weighted by atomic mass is 10.1. The van der Waals surface area contributed by atoms with Crippen molar-refractivity contribution in [2.24, 2.45) is 0 Å². The molecule has 25 heavy (non-hydrogen) atoms. The maximum absolute atomic E-state index is 12.1. The predicted octanol–water partition coefficient (Wildman–Crippen LogP) is 2.02. The Kier molecular flexibility index (Phi) is 4.81. The van der Waals surface area contributed by atoms with E-state index < -0.39 is 11.9 Å². The van der Waals surface area contributed by atoms with E-state index >= 15 is 0 Å². The van der Waals surface area contributed by atoms with Crippen LogP contribution < -0.4 is 4.90 Å². The zero-order valence-corrected chi connectivity index (χ0v) is 14.5. The molecule has 1 aliphatic rings. The summed E-state index contributed by atoms with van der Waals surface area (Å²) in [6.07, 6.45) is 0.0343. The molecular weight excluding hydrogens is 320 g/mol. The molecule has 130 valence electrons. The molecule has 0 spiro atoms. The van der Waals surface area contributed by atoms with Crippen molar-refractivity contribution in [1.82, 2.24) is 9.97 Å². The molecule has 3 atom stereocenters. The fraction of sp³-hybridized carbons (Fsp3) is 0.444. The van der Waals surface area contributed by atoms with Gasteiger partial charge in [-0.15, -0.1) is 0 Å². The number of ether oxygens (including phenoxy) is 2. The molecular formula is C18H20N4O3. The minimum atomic E-state index is -1.12. The molecule has 7 nitrogen and oxygen atoms in total. The van der Waals surface area contributed by atoms with Gasteiger partial charge in [-0.25, -0.2) is 9.97 Å². The molecule has 0 radical (unpaired) electrons. The van der Waals surface area contributed by atoms with Crippen LogP contribution in [0.2, 0.25) is 0 Å². The smallest absolute Gasteiger partial charge is 0.329 e. The molecule has 1 aromatic heterocycles. The Morgan fingerprint density at radius 2 is 1.88 bits per heavy atom. The summed E-state index contributed by atoms with van der Waals surface area (Å²) in [5.74, 6) is -1.22. The second kappa shape index (κ2) is 7.03. The number of hydrogen-bond donors (Lipinski definition) is 0. The standard InChI is InChI=1S/C18H20N4O3/c1-11-9-22(10-12(2)25-11)17-16(13(8-19)18(23)24-3)20-14-6-4-5-7-15(14)21-17/h4-7,11-13H,9-10H2,1-3H3/t11-,12+,13-/m0/s1. The first-order valence-corrected chi connectivity index (χ1v) is 8.18. The molecule has 0 N–H and O–H groups in total. The molecule has 7 heteroatoms. The summed E-state index contributed by atoms with van der Waals surface area (Å²) >= 11 is 0. The van der Waals surface area contributed by atoms with Gasteiger partial charge in [0.25, 0.3) is 0 Å². The monoisotopic (exact) mass is 340 g/mol. The number of carbonyl (C=O) groups is 1. The summed E-state index contributed by atoms with van der Waals surface area (Å²) in [6.45, 7) is 5.20. The van der Waals surface area contributed by atoms with E-state index in [9.17, 15) is 10.1 Å². The first-order chi connectivity index (χ1) is 12.0. The van der Waals surface area contributed by atoms with E-state index in [0.29, 0.717) is 30.1 Å².